The maximum absolute atomic E-state index is 15.4. The van der Waals surface area contributed by atoms with Crippen molar-refractivity contribution in [3.63, 3.8) is 0 Å². The summed E-state index contributed by atoms with van der Waals surface area (Å²) in [6, 6.07) is 18.5. The highest BCUT2D eigenvalue weighted by Crippen LogP contribution is 2.65. The Hall–Kier alpha value is -5.60. The molecule has 16 heteroatoms. The lowest BCUT2D eigenvalue weighted by Crippen LogP contribution is -2.53. The van der Waals surface area contributed by atoms with E-state index in [2.05, 4.69) is 10.4 Å². The summed E-state index contributed by atoms with van der Waals surface area (Å²) < 4.78 is 51.6. The molecule has 0 unspecified atom stereocenters. The minimum absolute atomic E-state index is 0.00608. The summed E-state index contributed by atoms with van der Waals surface area (Å²) in [6.45, 7) is 0. The first-order chi connectivity index (χ1) is 26.7. The standard InChI is InChI=1S/C40H31Cl2F3N4O7/c1-55-29-14-19(15-30(56-2)33(29)50)32-24-12-13-25-31(37(53)48(35(25)51)23-6-4-3-5-7-23)26(24)17-27-36(52)49(38(54)39(27,32)20-8-10-22(41)11-9-20)47-34-28(42)16-21(18-46-34)40(43,44)45/h3-12,14-16,18,25-27,31-32,50H,13,17H2,1-2H3,(H,46,47)/t25-,26+,27-,31-,32-,39+/m0/s1. The average molecular weight is 808 g/mol. The van der Waals surface area contributed by atoms with Crippen molar-refractivity contribution in [3.8, 4) is 17.2 Å². The molecule has 288 valence electrons. The topological polar surface area (TPSA) is 138 Å². The Balaban J connectivity index is 1.35. The molecule has 0 radical (unpaired) electrons. The molecule has 3 fully saturated rings. The lowest BCUT2D eigenvalue weighted by atomic mass is 9.49. The van der Waals surface area contributed by atoms with Crippen molar-refractivity contribution in [2.45, 2.75) is 30.4 Å². The predicted octanol–water partition coefficient (Wildman–Crippen LogP) is 7.32. The SMILES string of the molecule is COc1cc([C@H]2C3=CC[C@@H]4C(=O)N(c5ccccc5)C(=O)[C@@H]4[C@@H]3C[C@H]3C(=O)N(Nc4ncc(C(F)(F)F)cc4Cl)C(=O)[C@@]23c2ccc(Cl)cc2)cc(OC)c1O. The van der Waals surface area contributed by atoms with Gasteiger partial charge in [0.1, 0.15) is 0 Å². The number of nitrogens with one attached hydrogen (secondary N) is 1. The molecule has 8 rings (SSSR count). The third-order valence-corrected chi connectivity index (χ3v) is 11.9. The molecule has 3 heterocycles. The number of ether oxygens (including phenoxy) is 2. The number of aromatic hydroxyl groups is 1. The maximum Gasteiger partial charge on any atom is 0.417 e. The molecular formula is C40H31Cl2F3N4O7. The van der Waals surface area contributed by atoms with Crippen LogP contribution in [0, 0.1) is 23.7 Å². The van der Waals surface area contributed by atoms with Gasteiger partial charge in [0.25, 0.3) is 11.8 Å². The van der Waals surface area contributed by atoms with E-state index >= 15 is 4.79 Å². The van der Waals surface area contributed by atoms with Crippen LogP contribution >= 0.6 is 23.2 Å². The number of fused-ring (bicyclic) bond motifs is 4. The van der Waals surface area contributed by atoms with Crippen LogP contribution in [0.2, 0.25) is 10.0 Å². The number of para-hydroxylation sites is 1. The van der Waals surface area contributed by atoms with Crippen molar-refractivity contribution in [2.75, 3.05) is 24.5 Å². The number of allylic oxidation sites excluding steroid dienone is 2. The average Bonchev–Trinajstić information content (AvgIpc) is 3.56. The van der Waals surface area contributed by atoms with Gasteiger partial charge in [0.15, 0.2) is 17.3 Å². The fourth-order valence-corrected chi connectivity index (χ4v) is 9.40. The number of phenols is 1. The Morgan fingerprint density at radius 3 is 2.16 bits per heavy atom. The largest absolute Gasteiger partial charge is 0.502 e. The molecule has 2 aliphatic heterocycles. The minimum Gasteiger partial charge on any atom is -0.502 e. The summed E-state index contributed by atoms with van der Waals surface area (Å²) in [4.78, 5) is 63.8. The highest BCUT2D eigenvalue weighted by Gasteiger charge is 2.70. The van der Waals surface area contributed by atoms with Gasteiger partial charge in [-0.15, -0.1) is 0 Å². The van der Waals surface area contributed by atoms with Gasteiger partial charge in [0.05, 0.1) is 53.7 Å². The molecule has 4 aliphatic rings. The Labute approximate surface area is 327 Å². The van der Waals surface area contributed by atoms with Crippen molar-refractivity contribution in [1.29, 1.82) is 0 Å². The number of imide groups is 2. The van der Waals surface area contributed by atoms with E-state index in [9.17, 15) is 32.7 Å². The van der Waals surface area contributed by atoms with Gasteiger partial charge in [-0.1, -0.05) is 65.2 Å². The smallest absolute Gasteiger partial charge is 0.417 e. The zero-order valence-corrected chi connectivity index (χ0v) is 31.0. The van der Waals surface area contributed by atoms with Crippen molar-refractivity contribution in [2.24, 2.45) is 23.7 Å². The number of aromatic nitrogens is 1. The van der Waals surface area contributed by atoms with Crippen molar-refractivity contribution < 1.29 is 46.9 Å². The van der Waals surface area contributed by atoms with Gasteiger partial charge in [-0.2, -0.15) is 18.2 Å². The summed E-state index contributed by atoms with van der Waals surface area (Å²) in [6.07, 6.45) is -2.32. The number of phenolic OH excluding ortho intramolecular Hbond substituents is 1. The van der Waals surface area contributed by atoms with Crippen molar-refractivity contribution in [3.05, 3.63) is 117 Å². The second-order valence-corrected chi connectivity index (χ2v) is 14.9. The maximum atomic E-state index is 15.4. The summed E-state index contributed by atoms with van der Waals surface area (Å²) in [5.41, 5.74) is 1.39. The first kappa shape index (κ1) is 37.3. The van der Waals surface area contributed by atoms with Gasteiger partial charge in [0.2, 0.25) is 17.6 Å². The Kier molecular flexibility index (Phi) is 9.04. The predicted molar refractivity (Wildman–Crippen MR) is 197 cm³/mol. The van der Waals surface area contributed by atoms with Gasteiger partial charge in [-0.3, -0.25) is 29.5 Å². The molecule has 3 aromatic carbocycles. The fourth-order valence-electron chi connectivity index (χ4n) is 9.07. The molecule has 0 bridgehead atoms. The van der Waals surface area contributed by atoms with E-state index < -0.39 is 69.5 Å². The number of rotatable bonds is 7. The third kappa shape index (κ3) is 5.52. The first-order valence-corrected chi connectivity index (χ1v) is 18.2. The Morgan fingerprint density at radius 1 is 0.893 bits per heavy atom. The van der Waals surface area contributed by atoms with Gasteiger partial charge in [-0.05, 0) is 72.4 Å². The van der Waals surface area contributed by atoms with Gasteiger partial charge >= 0.3 is 6.18 Å². The summed E-state index contributed by atoms with van der Waals surface area (Å²) in [7, 11) is 2.67. The van der Waals surface area contributed by atoms with E-state index in [1.165, 1.54) is 31.3 Å². The van der Waals surface area contributed by atoms with Crippen LogP contribution < -0.4 is 19.8 Å². The normalized spacial score (nSPS) is 25.8. The highest BCUT2D eigenvalue weighted by atomic mass is 35.5. The molecule has 0 spiro atoms. The molecule has 11 nitrogen and oxygen atoms in total. The van der Waals surface area contributed by atoms with Crippen LogP contribution in [0.15, 0.2) is 90.6 Å². The number of anilines is 2. The first-order valence-electron chi connectivity index (χ1n) is 17.4. The molecule has 2 aliphatic carbocycles. The highest BCUT2D eigenvalue weighted by molar-refractivity contribution is 6.33. The Bertz CT molecular complexity index is 2320. The molecule has 4 aromatic rings. The van der Waals surface area contributed by atoms with Crippen molar-refractivity contribution >= 4 is 58.3 Å². The quantitative estimate of drug-likeness (QED) is 0.145. The number of alkyl halides is 3. The van der Waals surface area contributed by atoms with Crippen LogP contribution in [-0.2, 0) is 30.8 Å². The number of hydrazine groups is 1. The van der Waals surface area contributed by atoms with E-state index in [1.54, 1.807) is 54.6 Å². The van der Waals surface area contributed by atoms with E-state index in [4.69, 9.17) is 32.7 Å². The molecule has 4 amide bonds. The Morgan fingerprint density at radius 2 is 1.55 bits per heavy atom. The number of amides is 4. The zero-order valence-electron chi connectivity index (χ0n) is 29.5. The van der Waals surface area contributed by atoms with E-state index in [0.717, 1.165) is 0 Å². The number of pyridine rings is 1. The minimum atomic E-state index is -4.77. The molecule has 56 heavy (non-hydrogen) atoms. The van der Waals surface area contributed by atoms with Crippen LogP contribution in [0.1, 0.15) is 35.4 Å². The van der Waals surface area contributed by atoms with Crippen LogP contribution in [0.5, 0.6) is 17.2 Å². The number of benzene rings is 3. The number of methoxy groups -OCH3 is 2. The lowest BCUT2D eigenvalue weighted by molar-refractivity contribution is -0.139. The van der Waals surface area contributed by atoms with E-state index in [-0.39, 0.29) is 41.8 Å². The molecule has 1 saturated carbocycles. The fraction of sp³-hybridized carbons (Fsp3) is 0.275. The number of hydrogen-bond acceptors (Lipinski definition) is 9. The van der Waals surface area contributed by atoms with Crippen molar-refractivity contribution in [1.82, 2.24) is 9.99 Å². The van der Waals surface area contributed by atoms with E-state index in [0.29, 0.717) is 44.7 Å². The number of carbonyl (C=O) groups is 4. The number of nitrogens with zero attached hydrogens (tertiary/aromatic N) is 3. The lowest BCUT2D eigenvalue weighted by Gasteiger charge is -2.50. The molecule has 2 N–H and O–H groups in total. The van der Waals surface area contributed by atoms with Gasteiger partial charge < -0.3 is 14.6 Å². The summed E-state index contributed by atoms with van der Waals surface area (Å²) >= 11 is 12.6. The van der Waals surface area contributed by atoms with Crippen LogP contribution in [-0.4, -0.2) is 52.9 Å². The third-order valence-electron chi connectivity index (χ3n) is 11.4. The molecule has 6 atom stereocenters. The second kappa shape index (κ2) is 13.6. The van der Waals surface area contributed by atoms with Crippen LogP contribution in [0.4, 0.5) is 24.7 Å². The summed E-state index contributed by atoms with van der Waals surface area (Å²) in [5, 5.41) is 11.5. The van der Waals surface area contributed by atoms with Crippen LogP contribution in [0.3, 0.4) is 0 Å². The zero-order chi connectivity index (χ0) is 39.8. The number of halogens is 5. The van der Waals surface area contributed by atoms with E-state index in [1.807, 2.05) is 6.08 Å². The summed E-state index contributed by atoms with van der Waals surface area (Å²) in [5.74, 6) is -7.86. The number of hydrogen-bond donors (Lipinski definition) is 2. The van der Waals surface area contributed by atoms with Gasteiger partial charge in [-0.25, -0.2) is 4.98 Å². The molecular weight excluding hydrogens is 776 g/mol. The van der Waals surface area contributed by atoms with Crippen LogP contribution in [0.25, 0.3) is 0 Å². The second-order valence-electron chi connectivity index (χ2n) is 14.0. The molecule has 2 saturated heterocycles. The monoisotopic (exact) mass is 806 g/mol. The molecule has 1 aromatic heterocycles. The van der Waals surface area contributed by atoms with Gasteiger partial charge in [0, 0.05) is 17.1 Å². The number of carbonyl (C=O) groups excluding carboxylic acids is 4.